The summed E-state index contributed by atoms with van der Waals surface area (Å²) in [4.78, 5) is 0. The Balaban J connectivity index is 2.06. The number of methoxy groups -OCH3 is 2. The van der Waals surface area contributed by atoms with Crippen LogP contribution in [-0.4, -0.2) is 14.2 Å². The van der Waals surface area contributed by atoms with Crippen LogP contribution in [0.2, 0.25) is 0 Å². The quantitative estimate of drug-likeness (QED) is 0.522. The topological polar surface area (TPSA) is 30.5 Å². The van der Waals surface area contributed by atoms with Gasteiger partial charge in [-0.3, -0.25) is 5.32 Å². The van der Waals surface area contributed by atoms with Gasteiger partial charge in [0.05, 0.1) is 26.3 Å². The standard InChI is InChI=1S/C16H11F4NO2/c1-22-5-3-4-6(23-2)8-7(5)15-9-10(16(8)21-15)12(18)14(20)13(19)11(9)17/h3-4,15-16,21H,1-2H3. The summed E-state index contributed by atoms with van der Waals surface area (Å²) in [6, 6.07) is 1.63. The minimum Gasteiger partial charge on any atom is -0.496 e. The van der Waals surface area contributed by atoms with Crippen molar-refractivity contribution in [3.05, 3.63) is 57.7 Å². The van der Waals surface area contributed by atoms with Gasteiger partial charge in [0.25, 0.3) is 0 Å². The van der Waals surface area contributed by atoms with Gasteiger partial charge in [-0.05, 0) is 12.1 Å². The van der Waals surface area contributed by atoms with E-state index >= 15 is 0 Å². The molecule has 2 aliphatic heterocycles. The van der Waals surface area contributed by atoms with Gasteiger partial charge in [-0.15, -0.1) is 0 Å². The molecule has 2 atom stereocenters. The lowest BCUT2D eigenvalue weighted by molar-refractivity contribution is 0.387. The molecule has 0 amide bonds. The summed E-state index contributed by atoms with van der Waals surface area (Å²) in [5, 5.41) is 2.97. The van der Waals surface area contributed by atoms with Gasteiger partial charge in [-0.2, -0.15) is 0 Å². The molecule has 1 N–H and O–H groups in total. The molecule has 4 rings (SSSR count). The van der Waals surface area contributed by atoms with Gasteiger partial charge in [-0.25, -0.2) is 17.6 Å². The Morgan fingerprint density at radius 1 is 0.696 bits per heavy atom. The van der Waals surface area contributed by atoms with Crippen LogP contribution in [0.15, 0.2) is 12.1 Å². The second-order valence-electron chi connectivity index (χ2n) is 5.41. The van der Waals surface area contributed by atoms with Gasteiger partial charge in [0, 0.05) is 22.3 Å². The number of rotatable bonds is 2. The summed E-state index contributed by atoms with van der Waals surface area (Å²) >= 11 is 0. The minimum atomic E-state index is -1.81. The van der Waals surface area contributed by atoms with Crippen molar-refractivity contribution in [1.29, 1.82) is 0 Å². The first kappa shape index (κ1) is 14.3. The van der Waals surface area contributed by atoms with Crippen molar-refractivity contribution >= 4 is 0 Å². The van der Waals surface area contributed by atoms with E-state index in [1.54, 1.807) is 12.1 Å². The van der Waals surface area contributed by atoms with Crippen LogP contribution >= 0.6 is 0 Å². The maximum absolute atomic E-state index is 14.2. The van der Waals surface area contributed by atoms with Crippen LogP contribution in [-0.2, 0) is 0 Å². The molecule has 2 unspecified atom stereocenters. The van der Waals surface area contributed by atoms with Gasteiger partial charge in [-0.1, -0.05) is 0 Å². The van der Waals surface area contributed by atoms with E-state index in [1.165, 1.54) is 14.2 Å². The summed E-state index contributed by atoms with van der Waals surface area (Å²) in [6.07, 6.45) is 0. The van der Waals surface area contributed by atoms with Crippen molar-refractivity contribution in [1.82, 2.24) is 5.32 Å². The van der Waals surface area contributed by atoms with Gasteiger partial charge < -0.3 is 9.47 Å². The van der Waals surface area contributed by atoms with E-state index in [1.807, 2.05) is 0 Å². The first-order valence-electron chi connectivity index (χ1n) is 6.87. The summed E-state index contributed by atoms with van der Waals surface area (Å²) in [7, 11) is 2.88. The number of halogens is 4. The van der Waals surface area contributed by atoms with E-state index in [9.17, 15) is 17.6 Å². The first-order chi connectivity index (χ1) is 11.0. The molecule has 2 aromatic carbocycles. The number of hydrogen-bond donors (Lipinski definition) is 1. The summed E-state index contributed by atoms with van der Waals surface area (Å²) in [5.74, 6) is -5.49. The largest absolute Gasteiger partial charge is 0.496 e. The summed E-state index contributed by atoms with van der Waals surface area (Å²) < 4.78 is 66.2. The highest BCUT2D eigenvalue weighted by molar-refractivity contribution is 5.66. The molecule has 0 saturated carbocycles. The second kappa shape index (κ2) is 4.61. The highest BCUT2D eigenvalue weighted by Gasteiger charge is 2.49. The van der Waals surface area contributed by atoms with Crippen LogP contribution in [0.5, 0.6) is 11.5 Å². The van der Waals surface area contributed by atoms with Crippen molar-refractivity contribution in [2.24, 2.45) is 0 Å². The van der Waals surface area contributed by atoms with Gasteiger partial charge in [0.1, 0.15) is 11.5 Å². The predicted octanol–water partition coefficient (Wildman–Crippen LogP) is 3.36. The predicted molar refractivity (Wildman–Crippen MR) is 72.6 cm³/mol. The van der Waals surface area contributed by atoms with Crippen molar-refractivity contribution in [2.75, 3.05) is 14.2 Å². The van der Waals surface area contributed by atoms with E-state index in [4.69, 9.17) is 9.47 Å². The van der Waals surface area contributed by atoms with E-state index < -0.39 is 35.4 Å². The molecular formula is C16H11F4NO2. The fourth-order valence-corrected chi connectivity index (χ4v) is 3.57. The highest BCUT2D eigenvalue weighted by Crippen LogP contribution is 2.56. The molecule has 2 aromatic rings. The van der Waals surface area contributed by atoms with Crippen LogP contribution in [0, 0.1) is 23.3 Å². The maximum atomic E-state index is 14.2. The fourth-order valence-electron chi connectivity index (χ4n) is 3.57. The number of ether oxygens (including phenoxy) is 2. The Morgan fingerprint density at radius 3 is 1.43 bits per heavy atom. The smallest absolute Gasteiger partial charge is 0.197 e. The molecule has 0 radical (unpaired) electrons. The summed E-state index contributed by atoms with van der Waals surface area (Å²) in [5.41, 5.74) is 0.665. The molecule has 120 valence electrons. The zero-order valence-electron chi connectivity index (χ0n) is 12.1. The first-order valence-corrected chi connectivity index (χ1v) is 6.87. The molecular weight excluding hydrogens is 314 g/mol. The SMILES string of the molecule is COc1ccc(OC)c2c1C1NC2c2c(F)c(F)c(F)c(F)c21. The Morgan fingerprint density at radius 2 is 1.09 bits per heavy atom. The number of nitrogens with one attached hydrogen (secondary N) is 1. The molecule has 7 heteroatoms. The fraction of sp³-hybridized carbons (Fsp3) is 0.250. The molecule has 23 heavy (non-hydrogen) atoms. The molecule has 2 aliphatic rings. The molecule has 0 aromatic heterocycles. The highest BCUT2D eigenvalue weighted by atomic mass is 19.2. The van der Waals surface area contributed by atoms with Crippen molar-refractivity contribution in [3.8, 4) is 11.5 Å². The van der Waals surface area contributed by atoms with Crippen LogP contribution in [0.1, 0.15) is 34.3 Å². The lowest BCUT2D eigenvalue weighted by Gasteiger charge is -2.23. The molecule has 3 nitrogen and oxygen atoms in total. The zero-order chi connectivity index (χ0) is 16.5. The average molecular weight is 325 g/mol. The number of benzene rings is 2. The van der Waals surface area contributed by atoms with Crippen LogP contribution < -0.4 is 14.8 Å². The lowest BCUT2D eigenvalue weighted by Crippen LogP contribution is -2.14. The third-order valence-electron chi connectivity index (χ3n) is 4.48. The van der Waals surface area contributed by atoms with Crippen molar-refractivity contribution in [3.63, 3.8) is 0 Å². The molecule has 0 spiro atoms. The van der Waals surface area contributed by atoms with E-state index in [0.29, 0.717) is 22.6 Å². The monoisotopic (exact) mass is 325 g/mol. The Hall–Kier alpha value is -2.28. The van der Waals surface area contributed by atoms with E-state index in [0.717, 1.165) is 0 Å². The molecule has 0 fully saturated rings. The number of fused-ring (bicyclic) bond motifs is 8. The van der Waals surface area contributed by atoms with E-state index in [-0.39, 0.29) is 11.1 Å². The molecule has 2 heterocycles. The molecule has 0 aliphatic carbocycles. The third kappa shape index (κ3) is 1.57. The maximum Gasteiger partial charge on any atom is 0.197 e. The van der Waals surface area contributed by atoms with Crippen molar-refractivity contribution in [2.45, 2.75) is 12.1 Å². The normalized spacial score (nSPS) is 20.4. The van der Waals surface area contributed by atoms with E-state index in [2.05, 4.69) is 5.32 Å². The van der Waals surface area contributed by atoms with Crippen LogP contribution in [0.25, 0.3) is 0 Å². The van der Waals surface area contributed by atoms with Crippen LogP contribution in [0.4, 0.5) is 17.6 Å². The average Bonchev–Trinajstić information content (AvgIpc) is 3.14. The Labute approximate surface area is 128 Å². The van der Waals surface area contributed by atoms with Gasteiger partial charge in [0.2, 0.25) is 0 Å². The Bertz CT molecular complexity index is 785. The van der Waals surface area contributed by atoms with Crippen LogP contribution in [0.3, 0.4) is 0 Å². The number of hydrogen-bond acceptors (Lipinski definition) is 3. The lowest BCUT2D eigenvalue weighted by atomic mass is 9.84. The minimum absolute atomic E-state index is 0.217. The zero-order valence-corrected chi connectivity index (χ0v) is 12.1. The third-order valence-corrected chi connectivity index (χ3v) is 4.48. The van der Waals surface area contributed by atoms with Gasteiger partial charge >= 0.3 is 0 Å². The van der Waals surface area contributed by atoms with Gasteiger partial charge in [0.15, 0.2) is 23.3 Å². The second-order valence-corrected chi connectivity index (χ2v) is 5.41. The molecule has 0 saturated heterocycles. The molecule has 2 bridgehead atoms. The van der Waals surface area contributed by atoms with Crippen molar-refractivity contribution < 1.29 is 27.0 Å². The Kier molecular flexibility index (Phi) is 2.87. The summed E-state index contributed by atoms with van der Waals surface area (Å²) in [6.45, 7) is 0.